The number of nitrogens with one attached hydrogen (secondary N) is 1. The fourth-order valence-electron chi connectivity index (χ4n) is 4.18. The molecule has 1 atom stereocenters. The number of methoxy groups -OCH3 is 1. The number of carboxylic acid groups (broad SMARTS) is 1. The van der Waals surface area contributed by atoms with Gasteiger partial charge in [-0.15, -0.1) is 0 Å². The van der Waals surface area contributed by atoms with E-state index in [1.807, 2.05) is 36.1 Å². The summed E-state index contributed by atoms with van der Waals surface area (Å²) in [5.74, 6) is -1.74. The van der Waals surface area contributed by atoms with E-state index in [0.717, 1.165) is 11.1 Å². The van der Waals surface area contributed by atoms with Gasteiger partial charge in [0.15, 0.2) is 0 Å². The van der Waals surface area contributed by atoms with E-state index in [2.05, 4.69) is 33.0 Å². The molecule has 0 aliphatic rings. The normalized spacial score (nSPS) is 12.1. The predicted molar refractivity (Wildman–Crippen MR) is 139 cm³/mol. The lowest BCUT2D eigenvalue weighted by Crippen LogP contribution is -2.33. The maximum absolute atomic E-state index is 15.7. The van der Waals surface area contributed by atoms with Crippen LogP contribution in [0.4, 0.5) is 15.8 Å². The fourth-order valence-corrected chi connectivity index (χ4v) is 4.18. The van der Waals surface area contributed by atoms with Crippen molar-refractivity contribution in [2.24, 2.45) is 11.8 Å². The van der Waals surface area contributed by atoms with E-state index >= 15 is 4.39 Å². The number of ether oxygens (including phenoxy) is 1. The second kappa shape index (κ2) is 13.2. The Kier molecular flexibility index (Phi) is 10.7. The molecule has 6 nitrogen and oxygen atoms in total. The van der Waals surface area contributed by atoms with E-state index in [0.29, 0.717) is 30.0 Å². The van der Waals surface area contributed by atoms with Crippen LogP contribution >= 0.6 is 0 Å². The number of nitrogens with zero attached hydrogens (tertiary/aromatic N) is 1. The van der Waals surface area contributed by atoms with Crippen molar-refractivity contribution in [1.29, 1.82) is 0 Å². The molecular formula is C28H39FN2O4. The minimum absolute atomic E-state index is 0.129. The van der Waals surface area contributed by atoms with Crippen LogP contribution < -0.4 is 10.2 Å². The van der Waals surface area contributed by atoms with Crippen LogP contribution in [0.2, 0.25) is 0 Å². The quantitative estimate of drug-likeness (QED) is 0.383. The number of benzene rings is 2. The van der Waals surface area contributed by atoms with E-state index in [4.69, 9.17) is 4.74 Å². The number of aliphatic carboxylic acids is 1. The average molecular weight is 487 g/mol. The lowest BCUT2D eigenvalue weighted by Gasteiger charge is -2.31. The number of hydrogen-bond donors (Lipinski definition) is 2. The number of halogens is 1. The molecule has 0 heterocycles. The minimum atomic E-state index is -0.997. The molecule has 0 aliphatic carbocycles. The van der Waals surface area contributed by atoms with Gasteiger partial charge in [-0.05, 0) is 42.0 Å². The highest BCUT2D eigenvalue weighted by Crippen LogP contribution is 2.35. The van der Waals surface area contributed by atoms with Crippen molar-refractivity contribution < 1.29 is 23.8 Å². The van der Waals surface area contributed by atoms with Gasteiger partial charge in [-0.3, -0.25) is 9.59 Å². The molecule has 35 heavy (non-hydrogen) atoms. The Morgan fingerprint density at radius 3 is 2.17 bits per heavy atom. The zero-order valence-electron chi connectivity index (χ0n) is 21.7. The highest BCUT2D eigenvalue weighted by molar-refractivity contribution is 5.96. The van der Waals surface area contributed by atoms with Crippen molar-refractivity contribution in [2.45, 2.75) is 53.4 Å². The zero-order chi connectivity index (χ0) is 26.1. The molecule has 2 rings (SSSR count). The van der Waals surface area contributed by atoms with Crippen LogP contribution in [0, 0.1) is 24.6 Å². The number of carbonyl (C=O) groups excluding carboxylic acids is 1. The van der Waals surface area contributed by atoms with E-state index in [1.54, 1.807) is 6.07 Å². The van der Waals surface area contributed by atoms with Crippen LogP contribution in [-0.2, 0) is 20.7 Å². The summed E-state index contributed by atoms with van der Waals surface area (Å²) < 4.78 is 20.9. The number of carbonyl (C=O) groups is 2. The maximum atomic E-state index is 15.7. The van der Waals surface area contributed by atoms with Crippen molar-refractivity contribution in [3.8, 4) is 0 Å². The summed E-state index contributed by atoms with van der Waals surface area (Å²) in [6.07, 6.45) is -0.0539. The SMILES string of the molecule is COCC(CC(=O)O)c1cc(F)c(N(CC(C)C)CC(C)C)c(NC(=O)Cc2ccc(C)cc2)c1. The summed E-state index contributed by atoms with van der Waals surface area (Å²) in [6.45, 7) is 11.6. The van der Waals surface area contributed by atoms with Crippen LogP contribution in [0.1, 0.15) is 56.7 Å². The highest BCUT2D eigenvalue weighted by Gasteiger charge is 2.24. The van der Waals surface area contributed by atoms with Crippen LogP contribution in [-0.4, -0.2) is 43.8 Å². The summed E-state index contributed by atoms with van der Waals surface area (Å²) in [6, 6.07) is 10.8. The molecule has 2 aromatic carbocycles. The Balaban J connectivity index is 2.52. The standard InChI is InChI=1S/C28H39FN2O4/c1-18(2)15-31(16-19(3)4)28-24(29)12-22(23(17-35-6)14-27(33)34)13-25(28)30-26(32)11-21-9-7-20(5)8-10-21/h7-10,12-13,18-19,23H,11,14-17H2,1-6H3,(H,30,32)(H,33,34). The van der Waals surface area contributed by atoms with Gasteiger partial charge < -0.3 is 20.1 Å². The highest BCUT2D eigenvalue weighted by atomic mass is 19.1. The predicted octanol–water partition coefficient (Wildman–Crippen LogP) is 5.64. The Hall–Kier alpha value is -2.93. The molecule has 0 fully saturated rings. The monoisotopic (exact) mass is 486 g/mol. The fraction of sp³-hybridized carbons (Fsp3) is 0.500. The van der Waals surface area contributed by atoms with Gasteiger partial charge in [0.2, 0.25) is 5.91 Å². The molecule has 0 bridgehead atoms. The number of anilines is 2. The first-order valence-electron chi connectivity index (χ1n) is 12.1. The van der Waals surface area contributed by atoms with Gasteiger partial charge in [0.05, 0.1) is 30.8 Å². The Labute approximate surface area is 208 Å². The number of hydrogen-bond acceptors (Lipinski definition) is 4. The topological polar surface area (TPSA) is 78.9 Å². The molecule has 1 amide bonds. The minimum Gasteiger partial charge on any atom is -0.481 e. The molecule has 0 aliphatic heterocycles. The third-order valence-corrected chi connectivity index (χ3v) is 5.59. The lowest BCUT2D eigenvalue weighted by atomic mass is 9.94. The molecule has 2 aromatic rings. The third kappa shape index (κ3) is 8.98. The summed E-state index contributed by atoms with van der Waals surface area (Å²) in [7, 11) is 1.48. The van der Waals surface area contributed by atoms with E-state index in [-0.39, 0.29) is 37.2 Å². The third-order valence-electron chi connectivity index (χ3n) is 5.59. The molecular weight excluding hydrogens is 447 g/mol. The molecule has 192 valence electrons. The van der Waals surface area contributed by atoms with Gasteiger partial charge in [-0.2, -0.15) is 0 Å². The van der Waals surface area contributed by atoms with E-state index < -0.39 is 17.7 Å². The molecule has 0 aromatic heterocycles. The van der Waals surface area contributed by atoms with Crippen molar-refractivity contribution in [3.63, 3.8) is 0 Å². The van der Waals surface area contributed by atoms with Gasteiger partial charge in [-0.1, -0.05) is 57.5 Å². The largest absolute Gasteiger partial charge is 0.481 e. The van der Waals surface area contributed by atoms with E-state index in [9.17, 15) is 14.7 Å². The van der Waals surface area contributed by atoms with E-state index in [1.165, 1.54) is 13.2 Å². The Morgan fingerprint density at radius 1 is 1.06 bits per heavy atom. The first-order chi connectivity index (χ1) is 16.5. The number of amides is 1. The van der Waals surface area contributed by atoms with Crippen LogP contribution in [0.5, 0.6) is 0 Å². The molecule has 2 N–H and O–H groups in total. The first-order valence-corrected chi connectivity index (χ1v) is 12.1. The maximum Gasteiger partial charge on any atom is 0.304 e. The lowest BCUT2D eigenvalue weighted by molar-refractivity contribution is -0.137. The first kappa shape index (κ1) is 28.3. The average Bonchev–Trinajstić information content (AvgIpc) is 2.73. The zero-order valence-corrected chi connectivity index (χ0v) is 21.7. The van der Waals surface area contributed by atoms with Crippen molar-refractivity contribution in [2.75, 3.05) is 37.0 Å². The summed E-state index contributed by atoms with van der Waals surface area (Å²) in [5.41, 5.74) is 3.13. The van der Waals surface area contributed by atoms with Crippen LogP contribution in [0.3, 0.4) is 0 Å². The van der Waals surface area contributed by atoms with Crippen LogP contribution in [0.15, 0.2) is 36.4 Å². The number of aryl methyl sites for hydroxylation is 1. The number of carboxylic acids is 1. The second-order valence-electron chi connectivity index (χ2n) is 10.1. The van der Waals surface area contributed by atoms with Gasteiger partial charge in [0, 0.05) is 26.1 Å². The van der Waals surface area contributed by atoms with Gasteiger partial charge in [-0.25, -0.2) is 4.39 Å². The van der Waals surface area contributed by atoms with Crippen molar-refractivity contribution in [1.82, 2.24) is 0 Å². The van der Waals surface area contributed by atoms with Gasteiger partial charge in [0.1, 0.15) is 5.82 Å². The Bertz CT molecular complexity index is 979. The van der Waals surface area contributed by atoms with Gasteiger partial charge >= 0.3 is 5.97 Å². The summed E-state index contributed by atoms with van der Waals surface area (Å²) in [5, 5.41) is 12.3. The molecule has 0 saturated heterocycles. The van der Waals surface area contributed by atoms with Crippen LogP contribution in [0.25, 0.3) is 0 Å². The second-order valence-corrected chi connectivity index (χ2v) is 10.1. The number of rotatable bonds is 13. The molecule has 0 spiro atoms. The van der Waals surface area contributed by atoms with Gasteiger partial charge in [0.25, 0.3) is 0 Å². The van der Waals surface area contributed by atoms with Crippen molar-refractivity contribution in [3.05, 3.63) is 58.9 Å². The molecule has 0 radical (unpaired) electrons. The molecule has 7 heteroatoms. The summed E-state index contributed by atoms with van der Waals surface area (Å²) >= 11 is 0. The van der Waals surface area contributed by atoms with Crippen molar-refractivity contribution >= 4 is 23.3 Å². The Morgan fingerprint density at radius 2 is 1.66 bits per heavy atom. The molecule has 1 unspecified atom stereocenters. The molecule has 0 saturated carbocycles. The summed E-state index contributed by atoms with van der Waals surface area (Å²) in [4.78, 5) is 26.4. The smallest absolute Gasteiger partial charge is 0.304 e.